The molecule has 0 aromatic heterocycles. The Labute approximate surface area is 207 Å². The maximum absolute atomic E-state index is 12.4. The van der Waals surface area contributed by atoms with E-state index in [0.717, 1.165) is 23.1 Å². The molecule has 2 aromatic carbocycles. The van der Waals surface area contributed by atoms with Crippen LogP contribution >= 0.6 is 0 Å². The van der Waals surface area contributed by atoms with Crippen molar-refractivity contribution in [2.75, 3.05) is 54.1 Å². The van der Waals surface area contributed by atoms with Crippen LogP contribution in [0.5, 0.6) is 17.2 Å². The number of methoxy groups -OCH3 is 3. The topological polar surface area (TPSA) is 111 Å². The molecule has 9 nitrogen and oxygen atoms in total. The normalized spacial score (nSPS) is 14.5. The standard InChI is InChI=1S/C18H28NO5.C7H8O3S/c1-5-19(8-6-7-9-19)10-11-24-18(20)14-12-15(21-2)17(23-4)16(13-14)22-3;1-6-2-4-7(5-3-6)11(8,9)10/h12-13H,5-11H2,1-4H3;2-5H,1H3,(H,8,9,10)/q+1;/p-1. The van der Waals surface area contributed by atoms with Gasteiger partial charge < -0.3 is 28.0 Å². The second-order valence-electron chi connectivity index (χ2n) is 8.35. The fourth-order valence-electron chi connectivity index (χ4n) is 4.02. The van der Waals surface area contributed by atoms with E-state index in [1.54, 1.807) is 24.3 Å². The molecule has 1 fully saturated rings. The summed E-state index contributed by atoms with van der Waals surface area (Å²) >= 11 is 0. The first-order valence-electron chi connectivity index (χ1n) is 11.4. The van der Waals surface area contributed by atoms with Gasteiger partial charge in [-0.25, -0.2) is 13.2 Å². The van der Waals surface area contributed by atoms with Crippen molar-refractivity contribution < 1.29 is 41.2 Å². The maximum Gasteiger partial charge on any atom is 0.338 e. The first-order valence-corrected chi connectivity index (χ1v) is 12.8. The molecule has 10 heteroatoms. The number of hydrogen-bond acceptors (Lipinski definition) is 8. The second-order valence-corrected chi connectivity index (χ2v) is 9.73. The number of carbonyl (C=O) groups is 1. The minimum Gasteiger partial charge on any atom is -0.744 e. The lowest BCUT2D eigenvalue weighted by molar-refractivity contribution is -0.915. The van der Waals surface area contributed by atoms with Crippen LogP contribution < -0.4 is 14.2 Å². The monoisotopic (exact) mass is 509 g/mol. The van der Waals surface area contributed by atoms with Gasteiger partial charge in [-0.2, -0.15) is 0 Å². The van der Waals surface area contributed by atoms with Crippen LogP contribution in [0.25, 0.3) is 0 Å². The van der Waals surface area contributed by atoms with Gasteiger partial charge in [-0.15, -0.1) is 0 Å². The van der Waals surface area contributed by atoms with Crippen LogP contribution in [0.3, 0.4) is 0 Å². The van der Waals surface area contributed by atoms with Crippen molar-refractivity contribution in [1.29, 1.82) is 0 Å². The van der Waals surface area contributed by atoms with Gasteiger partial charge in [0.2, 0.25) is 5.75 Å². The number of ether oxygens (including phenoxy) is 4. The molecule has 0 radical (unpaired) electrons. The van der Waals surface area contributed by atoms with Crippen molar-refractivity contribution in [3.8, 4) is 17.2 Å². The summed E-state index contributed by atoms with van der Waals surface area (Å²) in [6, 6.07) is 9.01. The third-order valence-corrected chi connectivity index (χ3v) is 7.04. The summed E-state index contributed by atoms with van der Waals surface area (Å²) in [6.07, 6.45) is 2.52. The molecule has 0 aliphatic carbocycles. The molecule has 2 aromatic rings. The van der Waals surface area contributed by atoms with Crippen molar-refractivity contribution in [2.24, 2.45) is 0 Å². The van der Waals surface area contributed by atoms with Gasteiger partial charge in [0.05, 0.1) is 51.4 Å². The number of esters is 1. The minimum atomic E-state index is -4.27. The molecular formula is C25H35NO8S. The van der Waals surface area contributed by atoms with Crippen molar-refractivity contribution in [1.82, 2.24) is 0 Å². The van der Waals surface area contributed by atoms with E-state index in [-0.39, 0.29) is 10.9 Å². The van der Waals surface area contributed by atoms with E-state index in [0.29, 0.717) is 29.4 Å². The van der Waals surface area contributed by atoms with E-state index in [1.165, 1.54) is 59.4 Å². The van der Waals surface area contributed by atoms with Crippen LogP contribution in [0.1, 0.15) is 35.7 Å². The zero-order valence-electron chi connectivity index (χ0n) is 21.0. The van der Waals surface area contributed by atoms with Crippen LogP contribution in [0.4, 0.5) is 0 Å². The first kappa shape index (κ1) is 28.4. The summed E-state index contributed by atoms with van der Waals surface area (Å²) in [5.74, 6) is 0.979. The van der Waals surface area contributed by atoms with E-state index < -0.39 is 10.1 Å². The van der Waals surface area contributed by atoms with E-state index >= 15 is 0 Å². The van der Waals surface area contributed by atoms with Crippen molar-refractivity contribution >= 4 is 16.1 Å². The Morgan fingerprint density at radius 2 is 1.51 bits per heavy atom. The lowest BCUT2D eigenvalue weighted by Crippen LogP contribution is -2.47. The van der Waals surface area contributed by atoms with Gasteiger partial charge in [0, 0.05) is 12.8 Å². The second kappa shape index (κ2) is 12.8. The molecule has 194 valence electrons. The molecule has 1 aliphatic heterocycles. The summed E-state index contributed by atoms with van der Waals surface area (Å²) in [4.78, 5) is 12.2. The molecule has 0 bridgehead atoms. The van der Waals surface area contributed by atoms with E-state index in [4.69, 9.17) is 18.9 Å². The van der Waals surface area contributed by atoms with Crippen molar-refractivity contribution in [3.05, 3.63) is 47.5 Å². The molecule has 3 rings (SSSR count). The van der Waals surface area contributed by atoms with Gasteiger partial charge in [-0.05, 0) is 38.1 Å². The zero-order valence-corrected chi connectivity index (χ0v) is 21.9. The van der Waals surface area contributed by atoms with Gasteiger partial charge in [0.25, 0.3) is 0 Å². The molecule has 0 N–H and O–H groups in total. The summed E-state index contributed by atoms with van der Waals surface area (Å²) < 4.78 is 53.5. The lowest BCUT2D eigenvalue weighted by Gasteiger charge is -2.32. The number of quaternary nitrogens is 1. The minimum absolute atomic E-state index is 0.178. The molecule has 35 heavy (non-hydrogen) atoms. The highest BCUT2D eigenvalue weighted by Gasteiger charge is 2.30. The number of benzene rings is 2. The van der Waals surface area contributed by atoms with Gasteiger partial charge in [-0.3, -0.25) is 0 Å². The smallest absolute Gasteiger partial charge is 0.338 e. The summed E-state index contributed by atoms with van der Waals surface area (Å²) in [5.41, 5.74) is 1.33. The van der Waals surface area contributed by atoms with Crippen LogP contribution in [0, 0.1) is 6.92 Å². The van der Waals surface area contributed by atoms with Crippen LogP contribution in [-0.4, -0.2) is 77.5 Å². The predicted octanol–water partition coefficient (Wildman–Crippen LogP) is 3.40. The van der Waals surface area contributed by atoms with Crippen molar-refractivity contribution in [3.63, 3.8) is 0 Å². The first-order chi connectivity index (χ1) is 16.6. The number of likely N-dealkylation sites (tertiary alicyclic amines) is 1. The highest BCUT2D eigenvalue weighted by atomic mass is 32.2. The van der Waals surface area contributed by atoms with Gasteiger partial charge in [0.15, 0.2) is 11.5 Å². The van der Waals surface area contributed by atoms with E-state index in [2.05, 4.69) is 6.92 Å². The third-order valence-electron chi connectivity index (χ3n) is 6.19. The lowest BCUT2D eigenvalue weighted by atomic mass is 10.2. The van der Waals surface area contributed by atoms with Crippen LogP contribution in [0.2, 0.25) is 0 Å². The predicted molar refractivity (Wildman–Crippen MR) is 130 cm³/mol. The Hall–Kier alpha value is -2.82. The number of nitrogens with zero attached hydrogens (tertiary/aromatic N) is 1. The Morgan fingerprint density at radius 3 is 1.94 bits per heavy atom. The van der Waals surface area contributed by atoms with Gasteiger partial charge in [-0.1, -0.05) is 17.7 Å². The van der Waals surface area contributed by atoms with Crippen molar-refractivity contribution in [2.45, 2.75) is 31.6 Å². The van der Waals surface area contributed by atoms with E-state index in [1.807, 2.05) is 6.92 Å². The number of carbonyl (C=O) groups excluding carboxylic acids is 1. The average molecular weight is 510 g/mol. The highest BCUT2D eigenvalue weighted by molar-refractivity contribution is 7.85. The fraction of sp³-hybridized carbons (Fsp3) is 0.480. The Bertz CT molecular complexity index is 1050. The van der Waals surface area contributed by atoms with Crippen LogP contribution in [-0.2, 0) is 14.9 Å². The molecule has 0 unspecified atom stereocenters. The Morgan fingerprint density at radius 1 is 0.971 bits per heavy atom. The van der Waals surface area contributed by atoms with Crippen LogP contribution in [0.15, 0.2) is 41.3 Å². The molecule has 1 aliphatic rings. The SMILES string of the molecule is CC[N+]1(CCOC(=O)c2cc(OC)c(OC)c(OC)c2)CCCC1.Cc1ccc(S(=O)(=O)[O-])cc1. The summed E-state index contributed by atoms with van der Waals surface area (Å²) in [6.45, 7) is 8.75. The average Bonchev–Trinajstić information content (AvgIpc) is 3.32. The summed E-state index contributed by atoms with van der Waals surface area (Å²) in [5, 5.41) is 0. The quantitative estimate of drug-likeness (QED) is 0.287. The highest BCUT2D eigenvalue weighted by Crippen LogP contribution is 2.38. The van der Waals surface area contributed by atoms with Gasteiger partial charge in [0.1, 0.15) is 23.3 Å². The molecule has 1 heterocycles. The number of aryl methyl sites for hydroxylation is 1. The Kier molecular flexibility index (Phi) is 10.4. The molecule has 0 spiro atoms. The third kappa shape index (κ3) is 7.84. The molecule has 0 saturated carbocycles. The van der Waals surface area contributed by atoms with E-state index in [9.17, 15) is 17.8 Å². The molecule has 0 amide bonds. The maximum atomic E-state index is 12.4. The molecule has 1 saturated heterocycles. The number of likely N-dealkylation sites (N-methyl/N-ethyl adjacent to an activating group) is 1. The number of rotatable bonds is 9. The largest absolute Gasteiger partial charge is 0.744 e. The summed E-state index contributed by atoms with van der Waals surface area (Å²) in [7, 11) is 0.306. The fourth-order valence-corrected chi connectivity index (χ4v) is 4.49. The molecule has 0 atom stereocenters. The Balaban J connectivity index is 0.000000328. The molecular weight excluding hydrogens is 474 g/mol. The zero-order chi connectivity index (χ0) is 26.1. The number of hydrogen-bond donors (Lipinski definition) is 0. The van der Waals surface area contributed by atoms with Gasteiger partial charge >= 0.3 is 5.97 Å².